The van der Waals surface area contributed by atoms with Gasteiger partial charge in [0.1, 0.15) is 5.82 Å². The second kappa shape index (κ2) is 7.80. The van der Waals surface area contributed by atoms with Crippen LogP contribution in [0.4, 0.5) is 17.6 Å². The Labute approximate surface area is 139 Å². The maximum absolute atomic E-state index is 13.0. The predicted octanol–water partition coefficient (Wildman–Crippen LogP) is 3.04. The lowest BCUT2D eigenvalue weighted by Crippen LogP contribution is -2.47. The van der Waals surface area contributed by atoms with Gasteiger partial charge < -0.3 is 15.3 Å². The van der Waals surface area contributed by atoms with E-state index in [1.807, 2.05) is 4.90 Å². The third kappa shape index (κ3) is 6.03. The van der Waals surface area contributed by atoms with Crippen LogP contribution in [0, 0.1) is 5.82 Å². The first-order chi connectivity index (χ1) is 11.2. The van der Waals surface area contributed by atoms with Gasteiger partial charge in [0.05, 0.1) is 12.0 Å². The first kappa shape index (κ1) is 19.1. The molecule has 0 spiro atoms. The number of aliphatic hydroxyl groups is 1. The Morgan fingerprint density at radius 2 is 1.75 bits per heavy atom. The summed E-state index contributed by atoms with van der Waals surface area (Å²) in [7, 11) is 0. The van der Waals surface area contributed by atoms with Crippen molar-refractivity contribution in [3.63, 3.8) is 0 Å². The molecule has 1 heterocycles. The SMILES string of the molecule is CC(O)(CNC1CCN(CCC(F)(F)F)CC1)c1ccc(F)cc1. The summed E-state index contributed by atoms with van der Waals surface area (Å²) in [6, 6.07) is 5.89. The summed E-state index contributed by atoms with van der Waals surface area (Å²) in [5.41, 5.74) is -0.500. The van der Waals surface area contributed by atoms with Gasteiger partial charge >= 0.3 is 6.18 Å². The van der Waals surface area contributed by atoms with E-state index in [1.165, 1.54) is 12.1 Å². The molecule has 24 heavy (non-hydrogen) atoms. The molecule has 0 aromatic heterocycles. The van der Waals surface area contributed by atoms with Crippen molar-refractivity contribution in [3.05, 3.63) is 35.6 Å². The Bertz CT molecular complexity index is 508. The highest BCUT2D eigenvalue weighted by Crippen LogP contribution is 2.23. The zero-order valence-electron chi connectivity index (χ0n) is 13.7. The Kier molecular flexibility index (Phi) is 6.22. The molecule has 0 saturated carbocycles. The summed E-state index contributed by atoms with van der Waals surface area (Å²) in [6.07, 6.45) is -3.39. The molecule has 1 aliphatic heterocycles. The minimum Gasteiger partial charge on any atom is -0.384 e. The largest absolute Gasteiger partial charge is 0.390 e. The van der Waals surface area contributed by atoms with Crippen LogP contribution >= 0.6 is 0 Å². The third-order valence-electron chi connectivity index (χ3n) is 4.50. The van der Waals surface area contributed by atoms with Gasteiger partial charge in [-0.25, -0.2) is 4.39 Å². The predicted molar refractivity (Wildman–Crippen MR) is 84.1 cm³/mol. The van der Waals surface area contributed by atoms with Crippen molar-refractivity contribution in [2.45, 2.75) is 44.0 Å². The first-order valence-electron chi connectivity index (χ1n) is 8.17. The van der Waals surface area contributed by atoms with E-state index in [1.54, 1.807) is 19.1 Å². The van der Waals surface area contributed by atoms with Gasteiger partial charge in [-0.3, -0.25) is 0 Å². The zero-order valence-corrected chi connectivity index (χ0v) is 13.7. The molecule has 1 aliphatic rings. The molecule has 0 radical (unpaired) electrons. The summed E-state index contributed by atoms with van der Waals surface area (Å²) >= 11 is 0. The molecule has 3 nitrogen and oxygen atoms in total. The van der Waals surface area contributed by atoms with Crippen molar-refractivity contribution < 1.29 is 22.7 Å². The van der Waals surface area contributed by atoms with Gasteiger partial charge in [-0.2, -0.15) is 13.2 Å². The Morgan fingerprint density at radius 1 is 1.17 bits per heavy atom. The van der Waals surface area contributed by atoms with Gasteiger partial charge in [0.15, 0.2) is 0 Å². The van der Waals surface area contributed by atoms with Crippen LogP contribution in [0.2, 0.25) is 0 Å². The average Bonchev–Trinajstić information content (AvgIpc) is 2.52. The molecule has 2 N–H and O–H groups in total. The topological polar surface area (TPSA) is 35.5 Å². The molecule has 7 heteroatoms. The van der Waals surface area contributed by atoms with Crippen molar-refractivity contribution in [2.24, 2.45) is 0 Å². The number of hydrogen-bond acceptors (Lipinski definition) is 3. The van der Waals surface area contributed by atoms with Gasteiger partial charge in [0.25, 0.3) is 0 Å². The van der Waals surface area contributed by atoms with Crippen molar-refractivity contribution in [3.8, 4) is 0 Å². The van der Waals surface area contributed by atoms with Crippen molar-refractivity contribution in [2.75, 3.05) is 26.2 Å². The van der Waals surface area contributed by atoms with E-state index in [0.29, 0.717) is 25.2 Å². The fourth-order valence-electron chi connectivity index (χ4n) is 2.90. The first-order valence-corrected chi connectivity index (χ1v) is 8.17. The Morgan fingerprint density at radius 3 is 2.29 bits per heavy atom. The van der Waals surface area contributed by atoms with Crippen molar-refractivity contribution in [1.82, 2.24) is 10.2 Å². The molecule has 0 aliphatic carbocycles. The summed E-state index contributed by atoms with van der Waals surface area (Å²) in [4.78, 5) is 1.82. The molecule has 1 unspecified atom stereocenters. The zero-order chi connectivity index (χ0) is 17.8. The normalized spacial score (nSPS) is 20.1. The van der Waals surface area contributed by atoms with E-state index in [-0.39, 0.29) is 18.4 Å². The van der Waals surface area contributed by atoms with Crippen molar-refractivity contribution >= 4 is 0 Å². The van der Waals surface area contributed by atoms with Gasteiger partial charge in [-0.1, -0.05) is 12.1 Å². The number of nitrogens with one attached hydrogen (secondary N) is 1. The highest BCUT2D eigenvalue weighted by Gasteiger charge is 2.30. The molecule has 1 fully saturated rings. The molecular formula is C17H24F4N2O. The van der Waals surface area contributed by atoms with Gasteiger partial charge in [-0.05, 0) is 50.6 Å². The number of rotatable bonds is 6. The van der Waals surface area contributed by atoms with Crippen molar-refractivity contribution in [1.29, 1.82) is 0 Å². The van der Waals surface area contributed by atoms with E-state index in [2.05, 4.69) is 5.32 Å². The quantitative estimate of drug-likeness (QED) is 0.776. The van der Waals surface area contributed by atoms with Gasteiger partial charge in [-0.15, -0.1) is 0 Å². The number of nitrogens with zero attached hydrogens (tertiary/aromatic N) is 1. The molecule has 136 valence electrons. The highest BCUT2D eigenvalue weighted by molar-refractivity contribution is 5.22. The average molecular weight is 348 g/mol. The lowest BCUT2D eigenvalue weighted by atomic mass is 9.95. The highest BCUT2D eigenvalue weighted by atomic mass is 19.4. The van der Waals surface area contributed by atoms with Crippen LogP contribution in [0.5, 0.6) is 0 Å². The number of piperidine rings is 1. The molecule has 1 aromatic carbocycles. The molecular weight excluding hydrogens is 324 g/mol. The number of halogens is 4. The molecule has 1 atom stereocenters. The van der Waals surface area contributed by atoms with Crippen LogP contribution < -0.4 is 5.32 Å². The molecule has 0 amide bonds. The fraction of sp³-hybridized carbons (Fsp3) is 0.647. The minimum absolute atomic E-state index is 0.0452. The summed E-state index contributed by atoms with van der Waals surface area (Å²) < 4.78 is 49.7. The number of alkyl halides is 3. The molecule has 1 aromatic rings. The van der Waals surface area contributed by atoms with E-state index in [9.17, 15) is 22.7 Å². The maximum atomic E-state index is 13.0. The minimum atomic E-state index is -4.11. The second-order valence-corrected chi connectivity index (χ2v) is 6.64. The van der Waals surface area contributed by atoms with Crippen LogP contribution in [0.3, 0.4) is 0 Å². The number of benzene rings is 1. The lowest BCUT2D eigenvalue weighted by molar-refractivity contribution is -0.138. The third-order valence-corrected chi connectivity index (χ3v) is 4.50. The van der Waals surface area contributed by atoms with E-state index in [4.69, 9.17) is 0 Å². The van der Waals surface area contributed by atoms with Gasteiger partial charge in [0.2, 0.25) is 0 Å². The summed E-state index contributed by atoms with van der Waals surface area (Å²) in [6.45, 7) is 3.25. The standard InChI is InChI=1S/C17H24F4N2O/c1-16(24,13-2-4-14(18)5-3-13)12-22-15-6-9-23(10-7-15)11-8-17(19,20)21/h2-5,15,22,24H,6-12H2,1H3. The van der Waals surface area contributed by atoms with Crippen LogP contribution in [0.1, 0.15) is 31.7 Å². The maximum Gasteiger partial charge on any atom is 0.390 e. The van der Waals surface area contributed by atoms with E-state index < -0.39 is 18.2 Å². The van der Waals surface area contributed by atoms with Gasteiger partial charge in [0, 0.05) is 19.1 Å². The van der Waals surface area contributed by atoms with Crippen LogP contribution in [-0.4, -0.2) is 48.4 Å². The second-order valence-electron chi connectivity index (χ2n) is 6.64. The Hall–Kier alpha value is -1.18. The molecule has 1 saturated heterocycles. The van der Waals surface area contributed by atoms with E-state index >= 15 is 0 Å². The van der Waals surface area contributed by atoms with Crippen LogP contribution in [0.15, 0.2) is 24.3 Å². The van der Waals surface area contributed by atoms with E-state index in [0.717, 1.165) is 12.8 Å². The fourth-order valence-corrected chi connectivity index (χ4v) is 2.90. The number of likely N-dealkylation sites (tertiary alicyclic amines) is 1. The monoisotopic (exact) mass is 348 g/mol. The number of hydrogen-bond donors (Lipinski definition) is 2. The molecule has 2 rings (SSSR count). The van der Waals surface area contributed by atoms with Crippen LogP contribution in [0.25, 0.3) is 0 Å². The Balaban J connectivity index is 1.75. The smallest absolute Gasteiger partial charge is 0.384 e. The van der Waals surface area contributed by atoms with Crippen LogP contribution in [-0.2, 0) is 5.60 Å². The summed E-state index contributed by atoms with van der Waals surface area (Å²) in [5, 5.41) is 13.8. The lowest BCUT2D eigenvalue weighted by Gasteiger charge is -2.34. The molecule has 0 bridgehead atoms. The summed E-state index contributed by atoms with van der Waals surface area (Å²) in [5.74, 6) is -0.353.